The van der Waals surface area contributed by atoms with Gasteiger partial charge in [0.2, 0.25) is 5.91 Å². The third-order valence-electron chi connectivity index (χ3n) is 3.09. The van der Waals surface area contributed by atoms with Crippen molar-refractivity contribution in [1.29, 1.82) is 0 Å². The maximum atomic E-state index is 11.8. The first-order chi connectivity index (χ1) is 9.02. The highest BCUT2D eigenvalue weighted by molar-refractivity contribution is 6.22. The summed E-state index contributed by atoms with van der Waals surface area (Å²) < 4.78 is 5.02. The molecule has 1 aromatic rings. The van der Waals surface area contributed by atoms with Gasteiger partial charge in [-0.1, -0.05) is 12.1 Å². The monoisotopic (exact) mass is 283 g/mol. The van der Waals surface area contributed by atoms with Crippen LogP contribution in [0.1, 0.15) is 18.0 Å². The van der Waals surface area contributed by atoms with Crippen molar-refractivity contribution < 1.29 is 19.4 Å². The van der Waals surface area contributed by atoms with Gasteiger partial charge in [-0.05, 0) is 17.7 Å². The van der Waals surface area contributed by atoms with Crippen molar-refractivity contribution in [3.63, 3.8) is 0 Å². The lowest BCUT2D eigenvalue weighted by Crippen LogP contribution is -2.35. The molecule has 1 saturated heterocycles. The molecule has 1 fully saturated rings. The number of carboxylic acid groups (broad SMARTS) is 1. The van der Waals surface area contributed by atoms with Gasteiger partial charge in [0.15, 0.2) is 6.04 Å². The van der Waals surface area contributed by atoms with Gasteiger partial charge in [0, 0.05) is 13.0 Å². The molecule has 0 bridgehead atoms. The summed E-state index contributed by atoms with van der Waals surface area (Å²) in [4.78, 5) is 24.5. The first kappa shape index (κ1) is 13.7. The molecule has 102 valence electrons. The molecular formula is C13H14ClNO4. The maximum Gasteiger partial charge on any atom is 0.331 e. The predicted molar refractivity (Wildman–Crippen MR) is 69.3 cm³/mol. The molecule has 2 unspecified atom stereocenters. The van der Waals surface area contributed by atoms with Crippen molar-refractivity contribution in [3.8, 4) is 5.75 Å². The first-order valence-electron chi connectivity index (χ1n) is 5.83. The van der Waals surface area contributed by atoms with Crippen LogP contribution >= 0.6 is 11.6 Å². The second-order valence-electron chi connectivity index (χ2n) is 4.36. The van der Waals surface area contributed by atoms with Crippen LogP contribution in [-0.4, -0.2) is 40.9 Å². The molecule has 0 radical (unpaired) electrons. The number of likely N-dealkylation sites (tertiary alicyclic amines) is 1. The summed E-state index contributed by atoms with van der Waals surface area (Å²) in [5.41, 5.74) is 0.535. The van der Waals surface area contributed by atoms with Gasteiger partial charge in [-0.15, -0.1) is 11.6 Å². The Morgan fingerprint density at radius 1 is 1.47 bits per heavy atom. The highest BCUT2D eigenvalue weighted by Gasteiger charge is 2.37. The number of amides is 1. The number of carbonyl (C=O) groups is 2. The lowest BCUT2D eigenvalue weighted by atomic mass is 10.1. The Labute approximate surface area is 115 Å². The molecule has 0 spiro atoms. The largest absolute Gasteiger partial charge is 0.497 e. The number of halogens is 1. The number of aliphatic carboxylic acids is 1. The van der Waals surface area contributed by atoms with E-state index in [2.05, 4.69) is 0 Å². The molecule has 2 rings (SSSR count). The molecule has 1 amide bonds. The number of benzene rings is 1. The topological polar surface area (TPSA) is 66.8 Å². The third kappa shape index (κ3) is 2.81. The van der Waals surface area contributed by atoms with Crippen LogP contribution in [-0.2, 0) is 9.59 Å². The number of carboxylic acids is 1. The van der Waals surface area contributed by atoms with Gasteiger partial charge < -0.3 is 14.7 Å². The molecule has 2 atom stereocenters. The second-order valence-corrected chi connectivity index (χ2v) is 4.98. The lowest BCUT2D eigenvalue weighted by molar-refractivity contribution is -0.148. The Morgan fingerprint density at radius 3 is 2.53 bits per heavy atom. The van der Waals surface area contributed by atoms with Crippen molar-refractivity contribution in [2.45, 2.75) is 17.8 Å². The number of nitrogens with zero attached hydrogens (tertiary/aromatic N) is 1. The number of ether oxygens (including phenoxy) is 1. The summed E-state index contributed by atoms with van der Waals surface area (Å²) in [5, 5.41) is 9.02. The Balaban J connectivity index is 2.29. The average molecular weight is 284 g/mol. The molecule has 0 aliphatic carbocycles. The van der Waals surface area contributed by atoms with Crippen LogP contribution in [0, 0.1) is 0 Å². The van der Waals surface area contributed by atoms with Crippen LogP contribution in [0.25, 0.3) is 0 Å². The molecule has 1 aliphatic heterocycles. The Morgan fingerprint density at radius 2 is 2.11 bits per heavy atom. The van der Waals surface area contributed by atoms with E-state index in [4.69, 9.17) is 16.3 Å². The maximum absolute atomic E-state index is 11.8. The van der Waals surface area contributed by atoms with Crippen molar-refractivity contribution in [3.05, 3.63) is 29.8 Å². The Kier molecular flexibility index (Phi) is 3.95. The smallest absolute Gasteiger partial charge is 0.331 e. The van der Waals surface area contributed by atoms with Crippen molar-refractivity contribution >= 4 is 23.5 Å². The molecule has 0 aromatic heterocycles. The van der Waals surface area contributed by atoms with E-state index in [0.717, 1.165) is 0 Å². The van der Waals surface area contributed by atoms with Crippen molar-refractivity contribution in [1.82, 2.24) is 4.90 Å². The molecule has 19 heavy (non-hydrogen) atoms. The second kappa shape index (κ2) is 5.48. The van der Waals surface area contributed by atoms with Crippen molar-refractivity contribution in [2.75, 3.05) is 13.7 Å². The van der Waals surface area contributed by atoms with Gasteiger partial charge in [-0.2, -0.15) is 0 Å². The van der Waals surface area contributed by atoms with Gasteiger partial charge in [0.05, 0.1) is 12.5 Å². The standard InChI is InChI=1S/C13H14ClNO4/c1-19-10-4-2-8(3-5-10)12(13(17)18)15-7-9(14)6-11(15)16/h2-5,9,12H,6-7H2,1H3,(H,17,18). The molecule has 1 aromatic carbocycles. The van der Waals surface area contributed by atoms with Crippen molar-refractivity contribution in [2.24, 2.45) is 0 Å². The zero-order chi connectivity index (χ0) is 14.0. The molecule has 0 saturated carbocycles. The fourth-order valence-corrected chi connectivity index (χ4v) is 2.46. The van der Waals surface area contributed by atoms with Crippen LogP contribution < -0.4 is 4.74 Å². The van der Waals surface area contributed by atoms with Crippen LogP contribution in [0.15, 0.2) is 24.3 Å². The fraction of sp³-hybridized carbons (Fsp3) is 0.385. The van der Waals surface area contributed by atoms with E-state index in [9.17, 15) is 14.7 Å². The summed E-state index contributed by atoms with van der Waals surface area (Å²) in [7, 11) is 1.53. The minimum Gasteiger partial charge on any atom is -0.497 e. The van der Waals surface area contributed by atoms with E-state index < -0.39 is 12.0 Å². The molecule has 6 heteroatoms. The van der Waals surface area contributed by atoms with E-state index in [1.165, 1.54) is 12.0 Å². The molecule has 1 N–H and O–H groups in total. The zero-order valence-corrected chi connectivity index (χ0v) is 11.1. The number of hydrogen-bond donors (Lipinski definition) is 1. The van der Waals surface area contributed by atoms with Crippen LogP contribution in [0.3, 0.4) is 0 Å². The SMILES string of the molecule is COc1ccc(C(C(=O)O)N2CC(Cl)CC2=O)cc1. The highest BCUT2D eigenvalue weighted by atomic mass is 35.5. The fourth-order valence-electron chi connectivity index (χ4n) is 2.18. The highest BCUT2D eigenvalue weighted by Crippen LogP contribution is 2.29. The van der Waals surface area contributed by atoms with Gasteiger partial charge in [0.1, 0.15) is 5.75 Å². The number of carbonyl (C=O) groups excluding carboxylic acids is 1. The number of methoxy groups -OCH3 is 1. The number of rotatable bonds is 4. The summed E-state index contributed by atoms with van der Waals surface area (Å²) >= 11 is 5.91. The molecule has 1 aliphatic rings. The van der Waals surface area contributed by atoms with Gasteiger partial charge in [-0.3, -0.25) is 4.79 Å². The van der Waals surface area contributed by atoms with Crippen LogP contribution in [0.2, 0.25) is 0 Å². The van der Waals surface area contributed by atoms with E-state index in [0.29, 0.717) is 11.3 Å². The normalized spacial score (nSPS) is 20.4. The average Bonchev–Trinajstić information content (AvgIpc) is 2.69. The van der Waals surface area contributed by atoms with E-state index in [1.54, 1.807) is 24.3 Å². The van der Waals surface area contributed by atoms with Gasteiger partial charge in [-0.25, -0.2) is 4.79 Å². The molecule has 5 nitrogen and oxygen atoms in total. The minimum absolute atomic E-state index is 0.182. The summed E-state index contributed by atoms with van der Waals surface area (Å²) in [6.07, 6.45) is 0.182. The lowest BCUT2D eigenvalue weighted by Gasteiger charge is -2.24. The quantitative estimate of drug-likeness (QED) is 0.854. The number of hydrogen-bond acceptors (Lipinski definition) is 3. The predicted octanol–water partition coefficient (Wildman–Crippen LogP) is 1.66. The number of alkyl halides is 1. The zero-order valence-electron chi connectivity index (χ0n) is 10.4. The van der Waals surface area contributed by atoms with E-state index >= 15 is 0 Å². The summed E-state index contributed by atoms with van der Waals surface area (Å²) in [5.74, 6) is -0.664. The Hall–Kier alpha value is -1.75. The van der Waals surface area contributed by atoms with Gasteiger partial charge >= 0.3 is 5.97 Å². The molecule has 1 heterocycles. The van der Waals surface area contributed by atoms with Gasteiger partial charge in [0.25, 0.3) is 0 Å². The first-order valence-corrected chi connectivity index (χ1v) is 6.27. The van der Waals surface area contributed by atoms with Crippen LogP contribution in [0.4, 0.5) is 0 Å². The summed E-state index contributed by atoms with van der Waals surface area (Å²) in [6, 6.07) is 5.63. The minimum atomic E-state index is -1.07. The molecular weight excluding hydrogens is 270 g/mol. The van der Waals surface area contributed by atoms with E-state index in [1.807, 2.05) is 0 Å². The third-order valence-corrected chi connectivity index (χ3v) is 3.38. The van der Waals surface area contributed by atoms with E-state index in [-0.39, 0.29) is 24.2 Å². The van der Waals surface area contributed by atoms with Crippen LogP contribution in [0.5, 0.6) is 5.75 Å². The summed E-state index contributed by atoms with van der Waals surface area (Å²) in [6.45, 7) is 0.253. The Bertz CT molecular complexity index is 488.